The van der Waals surface area contributed by atoms with E-state index in [1.807, 2.05) is 19.1 Å². The Hall–Kier alpha value is -0.520. The summed E-state index contributed by atoms with van der Waals surface area (Å²) in [6, 6.07) is 5.20. The zero-order valence-corrected chi connectivity index (χ0v) is 13.4. The Morgan fingerprint density at radius 1 is 1.21 bits per heavy atom. The topological polar surface area (TPSA) is 37.3 Å². The summed E-state index contributed by atoms with van der Waals surface area (Å²) in [7, 11) is 0. The maximum absolute atomic E-state index is 5.98. The van der Waals surface area contributed by atoms with E-state index in [0.29, 0.717) is 20.2 Å². The summed E-state index contributed by atoms with van der Waals surface area (Å²) in [5, 5.41) is 4.98. The van der Waals surface area contributed by atoms with Crippen LogP contribution in [0.2, 0.25) is 19.5 Å². The normalized spacial score (nSPS) is 11.7. The van der Waals surface area contributed by atoms with Gasteiger partial charge in [0, 0.05) is 0 Å². The average molecular weight is 355 g/mol. The zero-order chi connectivity index (χ0) is 14.0. The van der Waals surface area contributed by atoms with Gasteiger partial charge in [-0.2, -0.15) is 5.10 Å². The Kier molecular flexibility index (Phi) is 4.92. The van der Waals surface area contributed by atoms with Gasteiger partial charge >= 0.3 is 0 Å². The lowest BCUT2D eigenvalue weighted by atomic mass is 10.3. The van der Waals surface area contributed by atoms with E-state index in [2.05, 4.69) is 15.5 Å². The van der Waals surface area contributed by atoms with E-state index in [1.54, 1.807) is 0 Å². The minimum absolute atomic E-state index is 0.167. The standard InChI is InChI=1S/C11H7Cl4N3S/c1-5(8-2-3-9(14)19-8)17-18-11-7(13)4-6(12)10(15)16-11/h2-4H,1H3,(H,16,18)/b17-5-. The molecule has 2 heterocycles. The van der Waals surface area contributed by atoms with E-state index in [0.717, 1.165) is 10.6 Å². The first-order valence-electron chi connectivity index (χ1n) is 5.05. The maximum Gasteiger partial charge on any atom is 0.166 e. The van der Waals surface area contributed by atoms with Gasteiger partial charge in [-0.05, 0) is 25.1 Å². The van der Waals surface area contributed by atoms with Crippen molar-refractivity contribution < 1.29 is 0 Å². The summed E-state index contributed by atoms with van der Waals surface area (Å²) < 4.78 is 0.704. The van der Waals surface area contributed by atoms with Crippen molar-refractivity contribution >= 4 is 69.3 Å². The largest absolute Gasteiger partial charge is 0.260 e. The third-order valence-electron chi connectivity index (χ3n) is 2.15. The summed E-state index contributed by atoms with van der Waals surface area (Å²) in [6.45, 7) is 1.85. The monoisotopic (exact) mass is 353 g/mol. The quantitative estimate of drug-likeness (QED) is 0.443. The zero-order valence-electron chi connectivity index (χ0n) is 9.55. The molecule has 19 heavy (non-hydrogen) atoms. The Morgan fingerprint density at radius 3 is 2.58 bits per heavy atom. The van der Waals surface area contributed by atoms with Crippen LogP contribution in [-0.2, 0) is 0 Å². The number of aromatic nitrogens is 1. The first kappa shape index (κ1) is 14.9. The molecule has 0 radical (unpaired) electrons. The number of nitrogens with one attached hydrogen (secondary N) is 1. The predicted molar refractivity (Wildman–Crippen MR) is 84.4 cm³/mol. The van der Waals surface area contributed by atoms with E-state index in [4.69, 9.17) is 46.4 Å². The Labute approximate surface area is 134 Å². The Bertz CT molecular complexity index is 639. The molecular weight excluding hydrogens is 348 g/mol. The number of hydrazone groups is 1. The molecule has 0 saturated carbocycles. The highest BCUT2D eigenvalue weighted by atomic mass is 35.5. The van der Waals surface area contributed by atoms with E-state index < -0.39 is 0 Å². The van der Waals surface area contributed by atoms with Crippen molar-refractivity contribution in [2.45, 2.75) is 6.92 Å². The third-order valence-corrected chi connectivity index (χ3v) is 4.45. The summed E-state index contributed by atoms with van der Waals surface area (Å²) >= 11 is 24.9. The lowest BCUT2D eigenvalue weighted by molar-refractivity contribution is 1.22. The number of hydrogen-bond acceptors (Lipinski definition) is 4. The second kappa shape index (κ2) is 6.29. The maximum atomic E-state index is 5.98. The van der Waals surface area contributed by atoms with E-state index in [-0.39, 0.29) is 5.15 Å². The van der Waals surface area contributed by atoms with Crippen LogP contribution in [0.3, 0.4) is 0 Å². The minimum atomic E-state index is 0.167. The minimum Gasteiger partial charge on any atom is -0.260 e. The smallest absolute Gasteiger partial charge is 0.166 e. The average Bonchev–Trinajstić information content (AvgIpc) is 2.78. The number of thiophene rings is 1. The van der Waals surface area contributed by atoms with Gasteiger partial charge < -0.3 is 0 Å². The molecular formula is C11H7Cl4N3S. The molecule has 0 amide bonds. The van der Waals surface area contributed by atoms with Crippen LogP contribution >= 0.6 is 57.7 Å². The van der Waals surface area contributed by atoms with Crippen molar-refractivity contribution in [3.8, 4) is 0 Å². The molecule has 2 aromatic heterocycles. The molecule has 100 valence electrons. The molecule has 0 saturated heterocycles. The fourth-order valence-electron chi connectivity index (χ4n) is 1.22. The molecule has 0 fully saturated rings. The van der Waals surface area contributed by atoms with Crippen LogP contribution in [0.15, 0.2) is 23.3 Å². The van der Waals surface area contributed by atoms with Crippen molar-refractivity contribution in [3.63, 3.8) is 0 Å². The van der Waals surface area contributed by atoms with E-state index in [1.165, 1.54) is 17.4 Å². The van der Waals surface area contributed by atoms with Crippen LogP contribution in [0.25, 0.3) is 0 Å². The van der Waals surface area contributed by atoms with Crippen LogP contribution in [0.1, 0.15) is 11.8 Å². The summed E-state index contributed by atoms with van der Waals surface area (Å²) in [4.78, 5) is 4.96. The molecule has 2 rings (SSSR count). The molecule has 1 N–H and O–H groups in total. The fourth-order valence-corrected chi connectivity index (χ4v) is 2.75. The highest BCUT2D eigenvalue weighted by Crippen LogP contribution is 2.29. The molecule has 0 aliphatic heterocycles. The number of pyridine rings is 1. The van der Waals surface area contributed by atoms with Gasteiger partial charge in [-0.3, -0.25) is 5.43 Å². The fraction of sp³-hybridized carbons (Fsp3) is 0.0909. The molecule has 0 aliphatic rings. The van der Waals surface area contributed by atoms with Crippen LogP contribution in [0, 0.1) is 0 Å². The highest BCUT2D eigenvalue weighted by Gasteiger charge is 2.08. The van der Waals surface area contributed by atoms with Crippen molar-refractivity contribution in [1.82, 2.24) is 4.98 Å². The second-order valence-electron chi connectivity index (χ2n) is 3.50. The highest BCUT2D eigenvalue weighted by molar-refractivity contribution is 7.18. The first-order valence-corrected chi connectivity index (χ1v) is 7.37. The van der Waals surface area contributed by atoms with Gasteiger partial charge in [0.2, 0.25) is 0 Å². The van der Waals surface area contributed by atoms with E-state index >= 15 is 0 Å². The lowest BCUT2D eigenvalue weighted by Crippen LogP contribution is -1.99. The third kappa shape index (κ3) is 3.74. The van der Waals surface area contributed by atoms with Gasteiger partial charge in [0.15, 0.2) is 5.82 Å². The SMILES string of the molecule is C/C(=N/Nc1nc(Cl)c(Cl)cc1Cl)c1ccc(Cl)s1. The van der Waals surface area contributed by atoms with Gasteiger partial charge in [0.25, 0.3) is 0 Å². The number of halogens is 4. The first-order chi connectivity index (χ1) is 8.97. The Morgan fingerprint density at radius 2 is 1.95 bits per heavy atom. The molecule has 0 bridgehead atoms. The van der Waals surface area contributed by atoms with Crippen molar-refractivity contribution in [2.75, 3.05) is 5.43 Å². The molecule has 0 aliphatic carbocycles. The van der Waals surface area contributed by atoms with Crippen molar-refractivity contribution in [1.29, 1.82) is 0 Å². The molecule has 2 aromatic rings. The van der Waals surface area contributed by atoms with Crippen LogP contribution in [0.4, 0.5) is 5.82 Å². The van der Waals surface area contributed by atoms with Gasteiger partial charge in [-0.1, -0.05) is 46.4 Å². The van der Waals surface area contributed by atoms with Gasteiger partial charge in [0.1, 0.15) is 5.15 Å². The van der Waals surface area contributed by atoms with Crippen molar-refractivity contribution in [2.24, 2.45) is 5.10 Å². The molecule has 0 atom stereocenters. The van der Waals surface area contributed by atoms with Crippen LogP contribution in [0.5, 0.6) is 0 Å². The van der Waals surface area contributed by atoms with Crippen LogP contribution < -0.4 is 5.43 Å². The number of anilines is 1. The number of rotatable bonds is 3. The number of nitrogens with zero attached hydrogens (tertiary/aromatic N) is 2. The van der Waals surface area contributed by atoms with Crippen LogP contribution in [-0.4, -0.2) is 10.7 Å². The summed E-state index contributed by atoms with van der Waals surface area (Å²) in [6.07, 6.45) is 0. The molecule has 8 heteroatoms. The van der Waals surface area contributed by atoms with E-state index in [9.17, 15) is 0 Å². The predicted octanol–water partition coefficient (Wildman–Crippen LogP) is 5.59. The van der Waals surface area contributed by atoms with Crippen molar-refractivity contribution in [3.05, 3.63) is 42.6 Å². The summed E-state index contributed by atoms with van der Waals surface area (Å²) in [5.74, 6) is 0.345. The van der Waals surface area contributed by atoms with Gasteiger partial charge in [-0.15, -0.1) is 11.3 Å². The summed E-state index contributed by atoms with van der Waals surface area (Å²) in [5.41, 5.74) is 3.52. The Balaban J connectivity index is 2.20. The second-order valence-corrected chi connectivity index (χ2v) is 6.39. The molecule has 3 nitrogen and oxygen atoms in total. The molecule has 0 aromatic carbocycles. The molecule has 0 spiro atoms. The van der Waals surface area contributed by atoms with Gasteiger partial charge in [-0.25, -0.2) is 4.98 Å². The van der Waals surface area contributed by atoms with Gasteiger partial charge in [0.05, 0.1) is 25.0 Å². The molecule has 0 unspecified atom stereocenters. The number of hydrogen-bond donors (Lipinski definition) is 1. The lowest BCUT2D eigenvalue weighted by Gasteiger charge is -2.05.